The van der Waals surface area contributed by atoms with Crippen molar-refractivity contribution in [2.75, 3.05) is 12.9 Å². The van der Waals surface area contributed by atoms with E-state index in [2.05, 4.69) is 10.3 Å². The van der Waals surface area contributed by atoms with Crippen LogP contribution in [0.4, 0.5) is 0 Å². The van der Waals surface area contributed by atoms with Crippen LogP contribution in [0.5, 0.6) is 0 Å². The fourth-order valence-corrected chi connectivity index (χ4v) is 2.70. The number of hydrogen-bond acceptors (Lipinski definition) is 6. The zero-order valence-corrected chi connectivity index (χ0v) is 14.2. The molecule has 6 nitrogen and oxygen atoms in total. The number of hydrogen-bond donors (Lipinski definition) is 1. The van der Waals surface area contributed by atoms with Crippen LogP contribution in [0.25, 0.3) is 11.1 Å². The molecule has 23 heavy (non-hydrogen) atoms. The molecule has 0 bridgehead atoms. The molecule has 0 aliphatic carbocycles. The molecule has 0 fully saturated rings. The highest BCUT2D eigenvalue weighted by Gasteiger charge is 2.26. The summed E-state index contributed by atoms with van der Waals surface area (Å²) in [5, 5.41) is 3.15. The summed E-state index contributed by atoms with van der Waals surface area (Å²) in [4.78, 5) is 28.1. The molecule has 1 heterocycles. The highest BCUT2D eigenvalue weighted by atomic mass is 32.2. The van der Waals surface area contributed by atoms with Crippen LogP contribution in [0.15, 0.2) is 33.9 Å². The zero-order chi connectivity index (χ0) is 16.8. The Kier molecular flexibility index (Phi) is 6.04. The number of fused-ring (bicyclic) bond motifs is 1. The van der Waals surface area contributed by atoms with Gasteiger partial charge in [-0.1, -0.05) is 44.2 Å². The number of rotatable bonds is 7. The Labute approximate surface area is 139 Å². The quantitative estimate of drug-likeness (QED) is 0.618. The highest BCUT2D eigenvalue weighted by Crippen LogP contribution is 2.23. The van der Waals surface area contributed by atoms with Crippen molar-refractivity contribution >= 4 is 34.7 Å². The Bertz CT molecular complexity index is 653. The van der Waals surface area contributed by atoms with Crippen molar-refractivity contribution in [3.63, 3.8) is 0 Å². The molecule has 0 aliphatic rings. The van der Waals surface area contributed by atoms with E-state index in [0.717, 1.165) is 11.9 Å². The third-order valence-corrected chi connectivity index (χ3v) is 4.41. The van der Waals surface area contributed by atoms with Crippen molar-refractivity contribution in [2.24, 2.45) is 5.92 Å². The molecular formula is C16H20N2O4S. The average Bonchev–Trinajstić information content (AvgIpc) is 2.99. The van der Waals surface area contributed by atoms with Crippen LogP contribution in [-0.2, 0) is 14.3 Å². The van der Waals surface area contributed by atoms with Gasteiger partial charge in [-0.05, 0) is 18.1 Å². The lowest BCUT2D eigenvalue weighted by atomic mass is 9.99. The van der Waals surface area contributed by atoms with Crippen LogP contribution in [0, 0.1) is 5.92 Å². The lowest BCUT2D eigenvalue weighted by molar-refractivity contribution is -0.146. The van der Waals surface area contributed by atoms with Gasteiger partial charge in [0.1, 0.15) is 11.6 Å². The molecule has 0 unspecified atom stereocenters. The molecule has 1 N–H and O–H groups in total. The number of carbonyl (C=O) groups is 2. The minimum Gasteiger partial charge on any atom is -0.467 e. The summed E-state index contributed by atoms with van der Waals surface area (Å²) in [6, 6.07) is 6.77. The van der Waals surface area contributed by atoms with Gasteiger partial charge in [0.2, 0.25) is 5.91 Å². The number of para-hydroxylation sites is 2. The summed E-state index contributed by atoms with van der Waals surface area (Å²) in [6.07, 6.45) is 0.762. The van der Waals surface area contributed by atoms with Gasteiger partial charge < -0.3 is 14.5 Å². The van der Waals surface area contributed by atoms with E-state index < -0.39 is 12.0 Å². The molecule has 0 aliphatic heterocycles. The van der Waals surface area contributed by atoms with E-state index in [1.165, 1.54) is 18.9 Å². The van der Waals surface area contributed by atoms with E-state index in [9.17, 15) is 9.59 Å². The molecule has 1 aromatic carbocycles. The van der Waals surface area contributed by atoms with Gasteiger partial charge in [-0.2, -0.15) is 0 Å². The summed E-state index contributed by atoms with van der Waals surface area (Å²) in [5.74, 6) is -0.565. The minimum absolute atomic E-state index is 0.000672. The monoisotopic (exact) mass is 336 g/mol. The maximum atomic E-state index is 12.1. The Hall–Kier alpha value is -2.02. The summed E-state index contributed by atoms with van der Waals surface area (Å²) >= 11 is 1.19. The number of thioether (sulfide) groups is 1. The summed E-state index contributed by atoms with van der Waals surface area (Å²) in [6.45, 7) is 3.86. The topological polar surface area (TPSA) is 81.4 Å². The predicted octanol–water partition coefficient (Wildman–Crippen LogP) is 2.62. The van der Waals surface area contributed by atoms with Crippen LogP contribution in [0.2, 0.25) is 0 Å². The van der Waals surface area contributed by atoms with Crippen molar-refractivity contribution in [3.8, 4) is 0 Å². The van der Waals surface area contributed by atoms with Crippen molar-refractivity contribution in [1.82, 2.24) is 10.3 Å². The largest absolute Gasteiger partial charge is 0.467 e. The maximum absolute atomic E-state index is 12.1. The van der Waals surface area contributed by atoms with Crippen molar-refractivity contribution in [2.45, 2.75) is 31.5 Å². The van der Waals surface area contributed by atoms with Crippen LogP contribution >= 0.6 is 11.8 Å². The number of amides is 1. The molecular weight excluding hydrogens is 316 g/mol. The fourth-order valence-electron chi connectivity index (χ4n) is 2.05. The van der Waals surface area contributed by atoms with E-state index in [4.69, 9.17) is 9.15 Å². The Morgan fingerprint density at radius 3 is 2.78 bits per heavy atom. The number of nitrogens with one attached hydrogen (secondary N) is 1. The normalized spacial score (nSPS) is 13.5. The van der Waals surface area contributed by atoms with Crippen molar-refractivity contribution in [1.29, 1.82) is 0 Å². The number of esters is 1. The lowest BCUT2D eigenvalue weighted by Crippen LogP contribution is -2.46. The van der Waals surface area contributed by atoms with Crippen LogP contribution in [0.3, 0.4) is 0 Å². The van der Waals surface area contributed by atoms with E-state index in [0.29, 0.717) is 10.8 Å². The molecule has 2 aromatic rings. The second-order valence-corrected chi connectivity index (χ2v) is 6.12. The standard InChI is InChI=1S/C16H20N2O4S/c1-4-10(2)14(15(20)21-3)18-13(19)9-23-16-17-11-7-5-6-8-12(11)22-16/h5-8,10,14H,4,9H2,1-3H3,(H,18,19)/t10-,14+/m1/s1. The van der Waals surface area contributed by atoms with E-state index in [1.54, 1.807) is 0 Å². The van der Waals surface area contributed by atoms with Crippen molar-refractivity contribution in [3.05, 3.63) is 24.3 Å². The molecule has 2 atom stereocenters. The molecule has 2 rings (SSSR count). The van der Waals surface area contributed by atoms with E-state index >= 15 is 0 Å². The van der Waals surface area contributed by atoms with Crippen molar-refractivity contribution < 1.29 is 18.7 Å². The van der Waals surface area contributed by atoms with E-state index in [1.807, 2.05) is 38.1 Å². The average molecular weight is 336 g/mol. The third kappa shape index (κ3) is 4.48. The van der Waals surface area contributed by atoms with Gasteiger partial charge in [0.15, 0.2) is 5.58 Å². The Balaban J connectivity index is 1.94. The van der Waals surface area contributed by atoms with Crippen LogP contribution in [-0.4, -0.2) is 35.8 Å². The van der Waals surface area contributed by atoms with Gasteiger partial charge in [0, 0.05) is 0 Å². The molecule has 0 spiro atoms. The first-order valence-electron chi connectivity index (χ1n) is 7.40. The summed E-state index contributed by atoms with van der Waals surface area (Å²) in [7, 11) is 1.32. The van der Waals surface area contributed by atoms with Gasteiger partial charge in [0.25, 0.3) is 5.22 Å². The smallest absolute Gasteiger partial charge is 0.328 e. The molecule has 1 amide bonds. The molecule has 124 valence electrons. The first kappa shape index (κ1) is 17.3. The number of oxazole rings is 1. The zero-order valence-electron chi connectivity index (χ0n) is 13.4. The SMILES string of the molecule is CC[C@@H](C)[C@H](NC(=O)CSc1nc2ccccc2o1)C(=O)OC. The molecule has 0 saturated carbocycles. The van der Waals surface area contributed by atoms with Gasteiger partial charge >= 0.3 is 5.97 Å². The number of carbonyl (C=O) groups excluding carboxylic acids is 2. The first-order chi connectivity index (χ1) is 11.0. The highest BCUT2D eigenvalue weighted by molar-refractivity contribution is 7.99. The number of benzene rings is 1. The molecule has 1 aromatic heterocycles. The number of aromatic nitrogens is 1. The molecule has 7 heteroatoms. The lowest BCUT2D eigenvalue weighted by Gasteiger charge is -2.21. The number of methoxy groups -OCH3 is 1. The second-order valence-electron chi connectivity index (χ2n) is 5.19. The summed E-state index contributed by atoms with van der Waals surface area (Å²) < 4.78 is 10.3. The Morgan fingerprint density at radius 1 is 1.39 bits per heavy atom. The fraction of sp³-hybridized carbons (Fsp3) is 0.438. The maximum Gasteiger partial charge on any atom is 0.328 e. The van der Waals surface area contributed by atoms with E-state index in [-0.39, 0.29) is 17.6 Å². The number of ether oxygens (including phenoxy) is 1. The molecule has 0 radical (unpaired) electrons. The second kappa shape index (κ2) is 8.01. The van der Waals surface area contributed by atoms with Crippen LogP contribution in [0.1, 0.15) is 20.3 Å². The Morgan fingerprint density at radius 2 is 2.13 bits per heavy atom. The first-order valence-corrected chi connectivity index (χ1v) is 8.39. The van der Waals surface area contributed by atoms with Gasteiger partial charge in [-0.15, -0.1) is 0 Å². The third-order valence-electron chi connectivity index (χ3n) is 3.59. The molecule has 0 saturated heterocycles. The predicted molar refractivity (Wildman–Crippen MR) is 88.1 cm³/mol. The van der Waals surface area contributed by atoms with Gasteiger partial charge in [0.05, 0.1) is 12.9 Å². The van der Waals surface area contributed by atoms with Gasteiger partial charge in [-0.3, -0.25) is 4.79 Å². The van der Waals surface area contributed by atoms with Gasteiger partial charge in [-0.25, -0.2) is 9.78 Å². The van der Waals surface area contributed by atoms with Crippen LogP contribution < -0.4 is 5.32 Å². The summed E-state index contributed by atoms with van der Waals surface area (Å²) in [5.41, 5.74) is 1.44. The minimum atomic E-state index is -0.637. The number of nitrogens with zero attached hydrogens (tertiary/aromatic N) is 1.